The van der Waals surface area contributed by atoms with Gasteiger partial charge in [-0.3, -0.25) is 0 Å². The van der Waals surface area contributed by atoms with Crippen LogP contribution in [-0.4, -0.2) is 21.6 Å². The molecule has 0 saturated heterocycles. The van der Waals surface area contributed by atoms with Crippen molar-refractivity contribution in [3.05, 3.63) is 12.0 Å². The van der Waals surface area contributed by atoms with E-state index in [0.29, 0.717) is 6.01 Å². The minimum atomic E-state index is -1.06. The van der Waals surface area contributed by atoms with Gasteiger partial charge >= 0.3 is 5.97 Å². The molecular weight excluding hydrogens is 196 g/mol. The second-order valence-electron chi connectivity index (χ2n) is 3.96. The van der Waals surface area contributed by atoms with Crippen LogP contribution in [0.25, 0.3) is 0 Å². The van der Waals surface area contributed by atoms with Crippen molar-refractivity contribution in [2.24, 2.45) is 0 Å². The molecule has 2 rings (SSSR count). The fourth-order valence-corrected chi connectivity index (χ4v) is 1.83. The van der Waals surface area contributed by atoms with Crippen molar-refractivity contribution in [2.45, 2.75) is 38.1 Å². The molecule has 0 atom stereocenters. The molecule has 0 unspecified atom stereocenters. The minimum Gasteiger partial charge on any atom is -0.476 e. The lowest BCUT2D eigenvalue weighted by atomic mass is 9.75. The lowest BCUT2D eigenvalue weighted by Crippen LogP contribution is -2.44. The molecule has 1 heterocycles. The monoisotopic (exact) mass is 210 g/mol. The van der Waals surface area contributed by atoms with E-state index in [1.807, 2.05) is 0 Å². The van der Waals surface area contributed by atoms with Gasteiger partial charge in [0.25, 0.3) is 6.01 Å². The predicted octanol–water partition coefficient (Wildman–Crippen LogP) is 2.12. The highest BCUT2D eigenvalue weighted by molar-refractivity contribution is 5.85. The second-order valence-corrected chi connectivity index (χ2v) is 3.96. The predicted molar refractivity (Wildman–Crippen MR) is 54.0 cm³/mol. The van der Waals surface area contributed by atoms with Crippen molar-refractivity contribution >= 4 is 12.0 Å². The van der Waals surface area contributed by atoms with Gasteiger partial charge < -0.3 is 14.8 Å². The lowest BCUT2D eigenvalue weighted by molar-refractivity contribution is 0.0690. The molecule has 0 radical (unpaired) electrons. The quantitative estimate of drug-likeness (QED) is 0.796. The third-order valence-electron chi connectivity index (χ3n) is 3.08. The van der Waals surface area contributed by atoms with E-state index in [1.165, 1.54) is 6.42 Å². The van der Waals surface area contributed by atoms with E-state index >= 15 is 0 Å². The minimum absolute atomic E-state index is 0.0527. The van der Waals surface area contributed by atoms with Crippen molar-refractivity contribution in [3.8, 4) is 0 Å². The van der Waals surface area contributed by atoms with Crippen LogP contribution in [0, 0.1) is 0 Å². The van der Waals surface area contributed by atoms with Crippen molar-refractivity contribution in [1.29, 1.82) is 0 Å². The first-order valence-corrected chi connectivity index (χ1v) is 5.12. The Morgan fingerprint density at radius 1 is 1.73 bits per heavy atom. The maximum absolute atomic E-state index is 10.6. The van der Waals surface area contributed by atoms with Gasteiger partial charge in [-0.15, -0.1) is 0 Å². The number of aromatic carboxylic acids is 1. The summed E-state index contributed by atoms with van der Waals surface area (Å²) in [7, 11) is 0. The second kappa shape index (κ2) is 3.56. The maximum atomic E-state index is 10.6. The molecule has 0 amide bonds. The number of hydrogen-bond donors (Lipinski definition) is 2. The number of carboxylic acid groups (broad SMARTS) is 1. The summed E-state index contributed by atoms with van der Waals surface area (Å²) < 4.78 is 5.06. The first kappa shape index (κ1) is 10.0. The van der Waals surface area contributed by atoms with E-state index in [4.69, 9.17) is 9.52 Å². The molecule has 1 aliphatic carbocycles. The molecule has 0 bridgehead atoms. The Labute approximate surface area is 87.5 Å². The molecule has 2 N–H and O–H groups in total. The average Bonchev–Trinajstić information content (AvgIpc) is 2.59. The average molecular weight is 210 g/mol. The molecule has 0 aliphatic heterocycles. The Morgan fingerprint density at radius 2 is 2.47 bits per heavy atom. The zero-order valence-corrected chi connectivity index (χ0v) is 8.62. The first-order chi connectivity index (χ1) is 7.15. The third kappa shape index (κ3) is 1.82. The van der Waals surface area contributed by atoms with Crippen LogP contribution in [0.5, 0.6) is 0 Å². The Morgan fingerprint density at radius 3 is 2.87 bits per heavy atom. The van der Waals surface area contributed by atoms with E-state index in [2.05, 4.69) is 17.2 Å². The van der Waals surface area contributed by atoms with E-state index in [1.54, 1.807) is 0 Å². The maximum Gasteiger partial charge on any atom is 0.357 e. The van der Waals surface area contributed by atoms with Gasteiger partial charge in [0.05, 0.1) is 0 Å². The number of anilines is 1. The normalized spacial score (nSPS) is 18.2. The summed E-state index contributed by atoms with van der Waals surface area (Å²) >= 11 is 0. The van der Waals surface area contributed by atoms with Crippen LogP contribution >= 0.6 is 0 Å². The number of hydrogen-bond acceptors (Lipinski definition) is 4. The van der Waals surface area contributed by atoms with Crippen LogP contribution in [0.3, 0.4) is 0 Å². The Bertz CT molecular complexity index is 363. The van der Waals surface area contributed by atoms with Gasteiger partial charge in [0.15, 0.2) is 5.69 Å². The number of aromatic nitrogens is 1. The Hall–Kier alpha value is -1.52. The molecule has 0 aromatic carbocycles. The smallest absolute Gasteiger partial charge is 0.357 e. The molecular formula is C10H14N2O3. The molecule has 82 valence electrons. The molecule has 1 aromatic rings. The van der Waals surface area contributed by atoms with Crippen LogP contribution in [0.1, 0.15) is 43.1 Å². The molecule has 1 fully saturated rings. The number of carbonyl (C=O) groups is 1. The largest absolute Gasteiger partial charge is 0.476 e. The fraction of sp³-hybridized carbons (Fsp3) is 0.600. The summed E-state index contributed by atoms with van der Waals surface area (Å²) in [5, 5.41) is 11.9. The molecule has 1 aromatic heterocycles. The molecule has 0 spiro atoms. The SMILES string of the molecule is CCC1(Nc2nc(C(=O)O)co2)CCC1. The van der Waals surface area contributed by atoms with E-state index in [-0.39, 0.29) is 11.2 Å². The van der Waals surface area contributed by atoms with Crippen LogP contribution in [0.2, 0.25) is 0 Å². The summed E-state index contributed by atoms with van der Waals surface area (Å²) in [5.41, 5.74) is 0.0174. The van der Waals surface area contributed by atoms with Gasteiger partial charge in [0, 0.05) is 5.54 Å². The van der Waals surface area contributed by atoms with E-state index in [9.17, 15) is 4.79 Å². The molecule has 15 heavy (non-hydrogen) atoms. The Kier molecular flexibility index (Phi) is 2.38. The van der Waals surface area contributed by atoms with Gasteiger partial charge in [-0.2, -0.15) is 4.98 Å². The van der Waals surface area contributed by atoms with Crippen LogP contribution in [0.4, 0.5) is 6.01 Å². The number of nitrogens with zero attached hydrogens (tertiary/aromatic N) is 1. The van der Waals surface area contributed by atoms with Crippen molar-refractivity contribution in [3.63, 3.8) is 0 Å². The number of nitrogens with one attached hydrogen (secondary N) is 1. The number of carboxylic acids is 1. The Balaban J connectivity index is 2.07. The highest BCUT2D eigenvalue weighted by Gasteiger charge is 2.36. The van der Waals surface area contributed by atoms with E-state index < -0.39 is 5.97 Å². The van der Waals surface area contributed by atoms with Crippen LogP contribution < -0.4 is 5.32 Å². The summed E-state index contributed by atoms with van der Waals surface area (Å²) in [5.74, 6) is -1.06. The summed E-state index contributed by atoms with van der Waals surface area (Å²) in [6, 6.07) is 0.314. The van der Waals surface area contributed by atoms with Gasteiger partial charge in [-0.1, -0.05) is 6.92 Å². The molecule has 1 saturated carbocycles. The van der Waals surface area contributed by atoms with Crippen molar-refractivity contribution in [1.82, 2.24) is 4.98 Å². The fourth-order valence-electron chi connectivity index (χ4n) is 1.83. The standard InChI is InChI=1S/C10H14N2O3/c1-2-10(4-3-5-10)12-9-11-7(6-15-9)8(13)14/h6H,2-5H2,1H3,(H,11,12)(H,13,14). The number of oxazole rings is 1. The summed E-state index contributed by atoms with van der Waals surface area (Å²) in [6.07, 6.45) is 5.54. The highest BCUT2D eigenvalue weighted by Crippen LogP contribution is 2.37. The zero-order valence-electron chi connectivity index (χ0n) is 8.62. The van der Waals surface area contributed by atoms with Gasteiger partial charge in [-0.05, 0) is 25.7 Å². The molecule has 1 aliphatic rings. The zero-order chi connectivity index (χ0) is 10.9. The topological polar surface area (TPSA) is 75.4 Å². The molecule has 5 heteroatoms. The lowest BCUT2D eigenvalue weighted by Gasteiger charge is -2.41. The highest BCUT2D eigenvalue weighted by atomic mass is 16.4. The van der Waals surface area contributed by atoms with Crippen LogP contribution in [0.15, 0.2) is 10.7 Å². The first-order valence-electron chi connectivity index (χ1n) is 5.12. The van der Waals surface area contributed by atoms with Gasteiger partial charge in [0.1, 0.15) is 6.26 Å². The van der Waals surface area contributed by atoms with Crippen molar-refractivity contribution < 1.29 is 14.3 Å². The number of rotatable bonds is 4. The van der Waals surface area contributed by atoms with Crippen molar-refractivity contribution in [2.75, 3.05) is 5.32 Å². The van der Waals surface area contributed by atoms with Gasteiger partial charge in [-0.25, -0.2) is 4.79 Å². The van der Waals surface area contributed by atoms with E-state index in [0.717, 1.165) is 25.5 Å². The third-order valence-corrected chi connectivity index (χ3v) is 3.08. The summed E-state index contributed by atoms with van der Waals surface area (Å²) in [4.78, 5) is 14.4. The summed E-state index contributed by atoms with van der Waals surface area (Å²) in [6.45, 7) is 2.10. The van der Waals surface area contributed by atoms with Gasteiger partial charge in [0.2, 0.25) is 0 Å². The van der Waals surface area contributed by atoms with Crippen LogP contribution in [-0.2, 0) is 0 Å². The molecule has 5 nitrogen and oxygen atoms in total.